The minimum absolute atomic E-state index is 0.235. The normalized spacial score (nSPS) is 18.6. The molecular weight excluding hydrogens is 290 g/mol. The Bertz CT molecular complexity index is 424. The minimum atomic E-state index is -0.235. The molecule has 0 atom stereocenters. The summed E-state index contributed by atoms with van der Waals surface area (Å²) in [7, 11) is 0. The van der Waals surface area contributed by atoms with Gasteiger partial charge in [0, 0.05) is 22.9 Å². The number of halogens is 1. The Labute approximate surface area is 117 Å². The number of carbonyl (C=O) groups excluding carboxylic acids is 1. The van der Waals surface area contributed by atoms with Crippen LogP contribution in [-0.2, 0) is 11.2 Å². The molecule has 0 saturated heterocycles. The predicted molar refractivity (Wildman–Crippen MR) is 77.5 cm³/mol. The van der Waals surface area contributed by atoms with Gasteiger partial charge in [-0.3, -0.25) is 4.79 Å². The lowest BCUT2D eigenvalue weighted by Gasteiger charge is -2.32. The highest BCUT2D eigenvalue weighted by Crippen LogP contribution is 2.29. The molecule has 1 aliphatic rings. The van der Waals surface area contributed by atoms with Crippen molar-refractivity contribution in [3.63, 3.8) is 0 Å². The SMILES string of the molecule is NC1(CC(=O)Cc2cccc(Br)c2)CCCCC1. The molecule has 0 radical (unpaired) electrons. The molecule has 0 aliphatic heterocycles. The molecule has 98 valence electrons. The van der Waals surface area contributed by atoms with E-state index in [9.17, 15) is 4.79 Å². The lowest BCUT2D eigenvalue weighted by molar-refractivity contribution is -0.119. The van der Waals surface area contributed by atoms with Gasteiger partial charge in [0.05, 0.1) is 0 Å². The molecule has 2 nitrogen and oxygen atoms in total. The summed E-state index contributed by atoms with van der Waals surface area (Å²) in [6.45, 7) is 0. The Kier molecular flexibility index (Phi) is 4.57. The van der Waals surface area contributed by atoms with E-state index in [2.05, 4.69) is 15.9 Å². The fourth-order valence-corrected chi connectivity index (χ4v) is 3.21. The Morgan fingerprint density at radius 2 is 2.00 bits per heavy atom. The molecule has 1 saturated carbocycles. The van der Waals surface area contributed by atoms with Gasteiger partial charge in [0.1, 0.15) is 5.78 Å². The molecule has 1 aliphatic carbocycles. The predicted octanol–water partition coefficient (Wildman–Crippen LogP) is 3.61. The van der Waals surface area contributed by atoms with E-state index in [1.165, 1.54) is 19.3 Å². The maximum Gasteiger partial charge on any atom is 0.139 e. The summed E-state index contributed by atoms with van der Waals surface area (Å²) >= 11 is 3.43. The first-order valence-electron chi connectivity index (χ1n) is 6.62. The molecule has 0 amide bonds. The molecule has 1 fully saturated rings. The van der Waals surface area contributed by atoms with E-state index in [1.807, 2.05) is 24.3 Å². The van der Waals surface area contributed by atoms with Crippen molar-refractivity contribution in [3.8, 4) is 0 Å². The van der Waals surface area contributed by atoms with Gasteiger partial charge in [0.15, 0.2) is 0 Å². The van der Waals surface area contributed by atoms with Gasteiger partial charge in [0.25, 0.3) is 0 Å². The molecule has 0 aromatic heterocycles. The highest BCUT2D eigenvalue weighted by molar-refractivity contribution is 9.10. The summed E-state index contributed by atoms with van der Waals surface area (Å²) in [6.07, 6.45) is 6.62. The van der Waals surface area contributed by atoms with Crippen molar-refractivity contribution in [2.75, 3.05) is 0 Å². The maximum atomic E-state index is 12.1. The second-order valence-corrected chi connectivity index (χ2v) is 6.36. The van der Waals surface area contributed by atoms with Crippen molar-refractivity contribution >= 4 is 21.7 Å². The summed E-state index contributed by atoms with van der Waals surface area (Å²) in [5.41, 5.74) is 7.14. The van der Waals surface area contributed by atoms with Gasteiger partial charge in [-0.25, -0.2) is 0 Å². The Morgan fingerprint density at radius 1 is 1.28 bits per heavy atom. The van der Waals surface area contributed by atoms with Crippen LogP contribution in [0, 0.1) is 0 Å². The molecule has 0 spiro atoms. The summed E-state index contributed by atoms with van der Waals surface area (Å²) in [6, 6.07) is 7.93. The number of hydrogen-bond donors (Lipinski definition) is 1. The van der Waals surface area contributed by atoms with Crippen LogP contribution in [0.2, 0.25) is 0 Å². The highest BCUT2D eigenvalue weighted by atomic mass is 79.9. The highest BCUT2D eigenvalue weighted by Gasteiger charge is 2.29. The molecule has 0 bridgehead atoms. The van der Waals surface area contributed by atoms with Crippen LogP contribution < -0.4 is 5.73 Å². The van der Waals surface area contributed by atoms with E-state index in [0.717, 1.165) is 22.9 Å². The van der Waals surface area contributed by atoms with Crippen molar-refractivity contribution in [2.45, 2.75) is 50.5 Å². The topological polar surface area (TPSA) is 43.1 Å². The van der Waals surface area contributed by atoms with Gasteiger partial charge < -0.3 is 5.73 Å². The van der Waals surface area contributed by atoms with Gasteiger partial charge in [-0.05, 0) is 30.5 Å². The quantitative estimate of drug-likeness (QED) is 0.923. The summed E-state index contributed by atoms with van der Waals surface area (Å²) in [4.78, 5) is 12.1. The monoisotopic (exact) mass is 309 g/mol. The fraction of sp³-hybridized carbons (Fsp3) is 0.533. The van der Waals surface area contributed by atoms with Gasteiger partial charge >= 0.3 is 0 Å². The van der Waals surface area contributed by atoms with E-state index in [4.69, 9.17) is 5.73 Å². The maximum absolute atomic E-state index is 12.1. The van der Waals surface area contributed by atoms with Crippen molar-refractivity contribution < 1.29 is 4.79 Å². The largest absolute Gasteiger partial charge is 0.325 e. The Hall–Kier alpha value is -0.670. The van der Waals surface area contributed by atoms with Crippen molar-refractivity contribution in [3.05, 3.63) is 34.3 Å². The van der Waals surface area contributed by atoms with Crippen LogP contribution in [0.5, 0.6) is 0 Å². The summed E-state index contributed by atoms with van der Waals surface area (Å²) < 4.78 is 1.02. The number of Topliss-reactive ketones (excluding diaryl/α,β-unsaturated/α-hetero) is 1. The van der Waals surface area contributed by atoms with Crippen molar-refractivity contribution in [2.24, 2.45) is 5.73 Å². The van der Waals surface area contributed by atoms with Crippen LogP contribution >= 0.6 is 15.9 Å². The third-order valence-electron chi connectivity index (χ3n) is 3.69. The second-order valence-electron chi connectivity index (χ2n) is 5.45. The number of rotatable bonds is 4. The average Bonchev–Trinajstić information content (AvgIpc) is 2.28. The van der Waals surface area contributed by atoms with E-state index in [-0.39, 0.29) is 11.3 Å². The zero-order chi connectivity index (χ0) is 13.0. The number of nitrogens with two attached hydrogens (primary N) is 1. The van der Waals surface area contributed by atoms with Crippen LogP contribution in [0.15, 0.2) is 28.7 Å². The number of hydrogen-bond acceptors (Lipinski definition) is 2. The molecule has 3 heteroatoms. The second kappa shape index (κ2) is 5.98. The molecule has 2 N–H and O–H groups in total. The van der Waals surface area contributed by atoms with Gasteiger partial charge in [0.2, 0.25) is 0 Å². The molecule has 1 aromatic carbocycles. The molecule has 2 rings (SSSR count). The minimum Gasteiger partial charge on any atom is -0.325 e. The van der Waals surface area contributed by atoms with E-state index < -0.39 is 0 Å². The molecular formula is C15H20BrNO. The molecule has 0 unspecified atom stereocenters. The van der Waals surface area contributed by atoms with Crippen LogP contribution in [0.25, 0.3) is 0 Å². The zero-order valence-corrected chi connectivity index (χ0v) is 12.2. The lowest BCUT2D eigenvalue weighted by atomic mass is 9.78. The Morgan fingerprint density at radius 3 is 2.67 bits per heavy atom. The fourth-order valence-electron chi connectivity index (χ4n) is 2.76. The van der Waals surface area contributed by atoms with Gasteiger partial charge in [-0.2, -0.15) is 0 Å². The summed E-state index contributed by atoms with van der Waals surface area (Å²) in [5, 5.41) is 0. The number of carbonyl (C=O) groups is 1. The van der Waals surface area contributed by atoms with Crippen LogP contribution in [-0.4, -0.2) is 11.3 Å². The van der Waals surface area contributed by atoms with Crippen LogP contribution in [0.4, 0.5) is 0 Å². The van der Waals surface area contributed by atoms with Crippen molar-refractivity contribution in [1.29, 1.82) is 0 Å². The van der Waals surface area contributed by atoms with Crippen LogP contribution in [0.3, 0.4) is 0 Å². The molecule has 1 aromatic rings. The molecule has 0 heterocycles. The molecule has 18 heavy (non-hydrogen) atoms. The van der Waals surface area contributed by atoms with E-state index in [1.54, 1.807) is 0 Å². The third-order valence-corrected chi connectivity index (χ3v) is 4.18. The zero-order valence-electron chi connectivity index (χ0n) is 10.6. The first-order valence-corrected chi connectivity index (χ1v) is 7.42. The first kappa shape index (κ1) is 13.8. The van der Waals surface area contributed by atoms with E-state index >= 15 is 0 Å². The average molecular weight is 310 g/mol. The number of benzene rings is 1. The van der Waals surface area contributed by atoms with Gasteiger partial charge in [-0.1, -0.05) is 47.3 Å². The van der Waals surface area contributed by atoms with Gasteiger partial charge in [-0.15, -0.1) is 0 Å². The first-order chi connectivity index (χ1) is 8.57. The lowest BCUT2D eigenvalue weighted by Crippen LogP contribution is -2.43. The smallest absolute Gasteiger partial charge is 0.139 e. The third kappa shape index (κ3) is 3.92. The van der Waals surface area contributed by atoms with Crippen molar-refractivity contribution in [1.82, 2.24) is 0 Å². The Balaban J connectivity index is 1.92. The van der Waals surface area contributed by atoms with E-state index in [0.29, 0.717) is 12.8 Å². The number of ketones is 1. The van der Waals surface area contributed by atoms with Crippen LogP contribution in [0.1, 0.15) is 44.1 Å². The summed E-state index contributed by atoms with van der Waals surface area (Å²) in [5.74, 6) is 0.262. The standard InChI is InChI=1S/C15H20BrNO/c16-13-6-4-5-12(9-13)10-14(18)11-15(17)7-2-1-3-8-15/h4-6,9H,1-3,7-8,10-11,17H2.